The van der Waals surface area contributed by atoms with Gasteiger partial charge >= 0.3 is 6.03 Å². The van der Waals surface area contributed by atoms with E-state index in [1.54, 1.807) is 50.4 Å². The van der Waals surface area contributed by atoms with Crippen LogP contribution in [-0.2, 0) is 13.6 Å². The third kappa shape index (κ3) is 4.05. The van der Waals surface area contributed by atoms with Crippen molar-refractivity contribution in [1.29, 1.82) is 0 Å². The minimum atomic E-state index is -0.267. The van der Waals surface area contributed by atoms with Crippen molar-refractivity contribution in [3.63, 3.8) is 0 Å². The minimum absolute atomic E-state index is 0.214. The number of nitrogens with one attached hydrogen (secondary N) is 1. The second-order valence-electron chi connectivity index (χ2n) is 5.63. The highest BCUT2D eigenvalue weighted by molar-refractivity contribution is 6.34. The fourth-order valence-electron chi connectivity index (χ4n) is 2.04. The Hall–Kier alpha value is -2.54. The highest BCUT2D eigenvalue weighted by Crippen LogP contribution is 2.23. The Bertz CT molecular complexity index is 757. The van der Waals surface area contributed by atoms with E-state index in [1.807, 2.05) is 17.8 Å². The number of hydrogen-bond acceptors (Lipinski definition) is 3. The summed E-state index contributed by atoms with van der Waals surface area (Å²) in [6.45, 7) is 0.373. The first-order valence-electron chi connectivity index (χ1n) is 7.29. The first kappa shape index (κ1) is 17.8. The number of benzene rings is 1. The van der Waals surface area contributed by atoms with E-state index in [0.717, 1.165) is 5.82 Å². The summed E-state index contributed by atoms with van der Waals surface area (Å²) in [6.07, 6.45) is 3.51. The highest BCUT2D eigenvalue weighted by atomic mass is 35.5. The lowest BCUT2D eigenvalue weighted by Crippen LogP contribution is -2.28. The van der Waals surface area contributed by atoms with Crippen LogP contribution in [0.1, 0.15) is 16.2 Å². The zero-order valence-corrected chi connectivity index (χ0v) is 14.8. The molecule has 7 nitrogen and oxygen atoms in total. The highest BCUT2D eigenvalue weighted by Gasteiger charge is 2.17. The Morgan fingerprint density at radius 3 is 2.54 bits per heavy atom. The van der Waals surface area contributed by atoms with E-state index in [4.69, 9.17) is 11.6 Å². The van der Waals surface area contributed by atoms with E-state index in [9.17, 15) is 9.59 Å². The zero-order valence-electron chi connectivity index (χ0n) is 14.1. The molecule has 1 N–H and O–H groups in total. The maximum absolute atomic E-state index is 12.6. The number of carbonyl (C=O) groups excluding carboxylic acids is 2. The molecular formula is C16H20ClN5O2. The second kappa shape index (κ2) is 7.35. The number of anilines is 1. The van der Waals surface area contributed by atoms with Crippen molar-refractivity contribution in [3.8, 4) is 0 Å². The van der Waals surface area contributed by atoms with Crippen molar-refractivity contribution < 1.29 is 9.59 Å². The lowest BCUT2D eigenvalue weighted by molar-refractivity contribution is 0.0780. The molecule has 1 heterocycles. The van der Waals surface area contributed by atoms with Crippen LogP contribution in [0, 0.1) is 0 Å². The number of nitrogens with zero attached hydrogens (tertiary/aromatic N) is 4. The Balaban J connectivity index is 2.12. The lowest BCUT2D eigenvalue weighted by atomic mass is 10.1. The number of halogens is 1. The summed E-state index contributed by atoms with van der Waals surface area (Å²) in [5.41, 5.74) is 0.901. The van der Waals surface area contributed by atoms with Gasteiger partial charge in [-0.1, -0.05) is 11.6 Å². The van der Waals surface area contributed by atoms with Crippen LogP contribution < -0.4 is 5.32 Å². The minimum Gasteiger partial charge on any atom is -0.337 e. The molecule has 2 rings (SSSR count). The van der Waals surface area contributed by atoms with Crippen molar-refractivity contribution in [2.45, 2.75) is 6.54 Å². The Morgan fingerprint density at radius 2 is 2.00 bits per heavy atom. The van der Waals surface area contributed by atoms with E-state index in [2.05, 4.69) is 10.3 Å². The molecule has 0 aliphatic rings. The summed E-state index contributed by atoms with van der Waals surface area (Å²) < 4.78 is 1.85. The van der Waals surface area contributed by atoms with Crippen molar-refractivity contribution >= 4 is 29.2 Å². The summed E-state index contributed by atoms with van der Waals surface area (Å²) in [4.78, 5) is 31.4. The number of urea groups is 1. The van der Waals surface area contributed by atoms with Gasteiger partial charge in [0.05, 0.1) is 17.1 Å². The SMILES string of the molecule is CN(C)C(=O)Nc1ccc(C(=O)N(C)Cc2nccn2C)c(Cl)c1. The van der Waals surface area contributed by atoms with Gasteiger partial charge in [0, 0.05) is 46.3 Å². The Kier molecular flexibility index (Phi) is 5.46. The number of rotatable bonds is 4. The van der Waals surface area contributed by atoms with Gasteiger partial charge in [-0.15, -0.1) is 0 Å². The average molecular weight is 350 g/mol. The zero-order chi connectivity index (χ0) is 17.9. The lowest BCUT2D eigenvalue weighted by Gasteiger charge is -2.18. The second-order valence-corrected chi connectivity index (χ2v) is 6.04. The number of aryl methyl sites for hydroxylation is 1. The van der Waals surface area contributed by atoms with Crippen LogP contribution in [0.2, 0.25) is 5.02 Å². The molecule has 0 aliphatic heterocycles. The molecule has 0 spiro atoms. The number of hydrogen-bond donors (Lipinski definition) is 1. The molecule has 0 atom stereocenters. The number of carbonyl (C=O) groups is 2. The van der Waals surface area contributed by atoms with Crippen molar-refractivity contribution in [2.24, 2.45) is 7.05 Å². The van der Waals surface area contributed by atoms with Gasteiger partial charge in [0.2, 0.25) is 0 Å². The molecule has 8 heteroatoms. The van der Waals surface area contributed by atoms with Gasteiger partial charge in [0.15, 0.2) is 0 Å². The monoisotopic (exact) mass is 349 g/mol. The summed E-state index contributed by atoms with van der Waals surface area (Å²) in [5.74, 6) is 0.560. The molecule has 0 saturated heterocycles. The van der Waals surface area contributed by atoms with E-state index >= 15 is 0 Å². The number of imidazole rings is 1. The maximum Gasteiger partial charge on any atom is 0.321 e. The molecule has 128 valence electrons. The summed E-state index contributed by atoms with van der Waals surface area (Å²) >= 11 is 6.21. The topological polar surface area (TPSA) is 70.5 Å². The molecule has 0 bridgehead atoms. The summed E-state index contributed by atoms with van der Waals surface area (Å²) in [5, 5.41) is 2.97. The van der Waals surface area contributed by atoms with Crippen LogP contribution >= 0.6 is 11.6 Å². The largest absolute Gasteiger partial charge is 0.337 e. The van der Waals surface area contributed by atoms with Crippen molar-refractivity contribution in [1.82, 2.24) is 19.4 Å². The Labute approximate surface area is 145 Å². The van der Waals surface area contributed by atoms with Gasteiger partial charge in [-0.05, 0) is 18.2 Å². The standard InChI is InChI=1S/C16H20ClN5O2/c1-20(2)16(24)19-11-5-6-12(13(17)9-11)15(23)22(4)10-14-18-7-8-21(14)3/h5-9H,10H2,1-4H3,(H,19,24). The van der Waals surface area contributed by atoms with Crippen LogP contribution in [0.25, 0.3) is 0 Å². The molecule has 1 aromatic heterocycles. The number of amides is 3. The summed E-state index contributed by atoms with van der Waals surface area (Å²) in [6, 6.07) is 4.54. The van der Waals surface area contributed by atoms with Gasteiger partial charge in [0.25, 0.3) is 5.91 Å². The van der Waals surface area contributed by atoms with Crippen molar-refractivity contribution in [2.75, 3.05) is 26.5 Å². The quantitative estimate of drug-likeness (QED) is 0.921. The summed E-state index contributed by atoms with van der Waals surface area (Å²) in [7, 11) is 6.84. The fourth-order valence-corrected chi connectivity index (χ4v) is 2.30. The first-order chi connectivity index (χ1) is 11.3. The molecule has 24 heavy (non-hydrogen) atoms. The van der Waals surface area contributed by atoms with Gasteiger partial charge in [-0.2, -0.15) is 0 Å². The molecule has 0 saturated carbocycles. The van der Waals surface area contributed by atoms with Crippen LogP contribution in [0.5, 0.6) is 0 Å². The van der Waals surface area contributed by atoms with Crippen LogP contribution in [-0.4, -0.2) is 52.4 Å². The predicted octanol–water partition coefficient (Wildman–Crippen LogP) is 2.44. The fraction of sp³-hybridized carbons (Fsp3) is 0.312. The first-order valence-corrected chi connectivity index (χ1v) is 7.67. The van der Waals surface area contributed by atoms with Gasteiger partial charge < -0.3 is 19.7 Å². The van der Waals surface area contributed by atoms with E-state index in [1.165, 1.54) is 4.90 Å². The molecule has 0 aliphatic carbocycles. The molecule has 0 unspecified atom stereocenters. The Morgan fingerprint density at radius 1 is 1.29 bits per heavy atom. The van der Waals surface area contributed by atoms with Crippen LogP contribution in [0.4, 0.5) is 10.5 Å². The molecule has 2 aromatic rings. The number of aromatic nitrogens is 2. The predicted molar refractivity (Wildman–Crippen MR) is 93.2 cm³/mol. The molecule has 3 amide bonds. The average Bonchev–Trinajstić information content (AvgIpc) is 2.91. The van der Waals surface area contributed by atoms with E-state index < -0.39 is 0 Å². The third-order valence-electron chi connectivity index (χ3n) is 3.50. The van der Waals surface area contributed by atoms with Crippen LogP contribution in [0.3, 0.4) is 0 Å². The van der Waals surface area contributed by atoms with Gasteiger partial charge in [-0.25, -0.2) is 9.78 Å². The molecular weight excluding hydrogens is 330 g/mol. The van der Waals surface area contributed by atoms with E-state index in [-0.39, 0.29) is 17.0 Å². The molecule has 1 aromatic carbocycles. The van der Waals surface area contributed by atoms with Gasteiger partial charge in [0.1, 0.15) is 5.82 Å². The van der Waals surface area contributed by atoms with Crippen LogP contribution in [0.15, 0.2) is 30.6 Å². The molecule has 0 radical (unpaired) electrons. The normalized spacial score (nSPS) is 10.4. The van der Waals surface area contributed by atoms with E-state index in [0.29, 0.717) is 17.8 Å². The van der Waals surface area contributed by atoms with Gasteiger partial charge in [-0.3, -0.25) is 4.79 Å². The third-order valence-corrected chi connectivity index (χ3v) is 3.82. The molecule has 0 fully saturated rings. The smallest absolute Gasteiger partial charge is 0.321 e. The van der Waals surface area contributed by atoms with Crippen molar-refractivity contribution in [3.05, 3.63) is 47.0 Å². The maximum atomic E-state index is 12.6.